The quantitative estimate of drug-likeness (QED) is 0.582. The number of hydrogen-bond acceptors (Lipinski definition) is 1. The molecule has 1 nitrogen and oxygen atoms in total. The molecule has 0 fully saturated rings. The molecular weight excluding hydrogens is 237 g/mol. The van der Waals surface area contributed by atoms with Crippen molar-refractivity contribution in [2.45, 2.75) is 0 Å². The van der Waals surface area contributed by atoms with Gasteiger partial charge in [0.05, 0.1) is 5.69 Å². The maximum absolute atomic E-state index is 12.8. The van der Waals surface area contributed by atoms with Crippen molar-refractivity contribution in [1.29, 1.82) is 0 Å². The summed E-state index contributed by atoms with van der Waals surface area (Å²) in [6.45, 7) is 0. The van der Waals surface area contributed by atoms with E-state index in [1.807, 2.05) is 30.3 Å². The summed E-state index contributed by atoms with van der Waals surface area (Å²) >= 11 is 0. The second-order valence-electron chi connectivity index (χ2n) is 4.31. The molecule has 0 N–H and O–H groups in total. The molecule has 0 spiro atoms. The van der Waals surface area contributed by atoms with Crippen LogP contribution in [0.15, 0.2) is 71.7 Å². The van der Waals surface area contributed by atoms with E-state index in [1.165, 1.54) is 12.1 Å². The van der Waals surface area contributed by atoms with Crippen molar-refractivity contribution in [3.8, 4) is 0 Å². The lowest BCUT2D eigenvalue weighted by molar-refractivity contribution is 0.628. The minimum Gasteiger partial charge on any atom is -0.256 e. The topological polar surface area (TPSA) is 12.4 Å². The summed E-state index contributed by atoms with van der Waals surface area (Å²) in [5, 5.41) is 2.28. The lowest BCUT2D eigenvalue weighted by Crippen LogP contribution is -1.81. The predicted octanol–water partition coefficient (Wildman–Crippen LogP) is 4.73. The van der Waals surface area contributed by atoms with E-state index in [1.54, 1.807) is 18.3 Å². The highest BCUT2D eigenvalue weighted by Crippen LogP contribution is 2.25. The van der Waals surface area contributed by atoms with Crippen LogP contribution in [-0.4, -0.2) is 6.21 Å². The smallest absolute Gasteiger partial charge is 0.123 e. The molecule has 3 aromatic carbocycles. The molecule has 2 heteroatoms. The minimum absolute atomic E-state index is 0.234. The van der Waals surface area contributed by atoms with E-state index in [9.17, 15) is 4.39 Å². The molecule has 0 amide bonds. The van der Waals surface area contributed by atoms with E-state index >= 15 is 0 Å². The molecule has 92 valence electrons. The van der Waals surface area contributed by atoms with Crippen molar-refractivity contribution in [2.24, 2.45) is 4.99 Å². The largest absolute Gasteiger partial charge is 0.256 e. The fourth-order valence-corrected chi connectivity index (χ4v) is 2.01. The van der Waals surface area contributed by atoms with Crippen LogP contribution in [0.2, 0.25) is 0 Å². The molecule has 0 saturated heterocycles. The lowest BCUT2D eigenvalue weighted by Gasteiger charge is -2.01. The number of hydrogen-bond donors (Lipinski definition) is 0. The summed E-state index contributed by atoms with van der Waals surface area (Å²) in [5.74, 6) is -0.234. The van der Waals surface area contributed by atoms with Gasteiger partial charge in [-0.1, -0.05) is 48.5 Å². The van der Waals surface area contributed by atoms with Gasteiger partial charge in [-0.25, -0.2) is 4.39 Å². The summed E-state index contributed by atoms with van der Waals surface area (Å²) in [4.78, 5) is 4.49. The molecule has 0 saturated carbocycles. The Bertz CT molecular complexity index is 724. The number of aliphatic imine (C=N–C) groups is 1. The van der Waals surface area contributed by atoms with Crippen LogP contribution in [0.1, 0.15) is 5.56 Å². The fraction of sp³-hybridized carbons (Fsp3) is 0. The lowest BCUT2D eigenvalue weighted by atomic mass is 10.1. The third-order valence-corrected chi connectivity index (χ3v) is 2.99. The number of nitrogens with zero attached hydrogens (tertiary/aromatic N) is 1. The second kappa shape index (κ2) is 5.02. The molecule has 0 aliphatic carbocycles. The molecule has 3 rings (SSSR count). The van der Waals surface area contributed by atoms with Gasteiger partial charge < -0.3 is 0 Å². The summed E-state index contributed by atoms with van der Waals surface area (Å²) < 4.78 is 12.8. The van der Waals surface area contributed by atoms with Crippen molar-refractivity contribution < 1.29 is 4.39 Å². The van der Waals surface area contributed by atoms with Crippen LogP contribution >= 0.6 is 0 Å². The van der Waals surface area contributed by atoms with Gasteiger partial charge in [0.15, 0.2) is 0 Å². The molecule has 3 aromatic rings. The van der Waals surface area contributed by atoms with Gasteiger partial charge >= 0.3 is 0 Å². The zero-order valence-corrected chi connectivity index (χ0v) is 10.3. The number of halogens is 1. The van der Waals surface area contributed by atoms with Crippen molar-refractivity contribution in [2.75, 3.05) is 0 Å². The van der Waals surface area contributed by atoms with Crippen LogP contribution in [0.3, 0.4) is 0 Å². The zero-order chi connectivity index (χ0) is 13.1. The van der Waals surface area contributed by atoms with Crippen molar-refractivity contribution >= 4 is 22.7 Å². The van der Waals surface area contributed by atoms with Gasteiger partial charge in [-0.15, -0.1) is 0 Å². The highest BCUT2D eigenvalue weighted by molar-refractivity contribution is 5.95. The molecule has 0 bridgehead atoms. The first-order valence-electron chi connectivity index (χ1n) is 6.10. The van der Waals surface area contributed by atoms with E-state index in [0.29, 0.717) is 0 Å². The third-order valence-electron chi connectivity index (χ3n) is 2.99. The van der Waals surface area contributed by atoms with Gasteiger partial charge in [0.1, 0.15) is 5.82 Å². The van der Waals surface area contributed by atoms with Gasteiger partial charge in [0.25, 0.3) is 0 Å². The van der Waals surface area contributed by atoms with Crippen LogP contribution in [0.5, 0.6) is 0 Å². The Balaban J connectivity index is 1.99. The normalized spacial score (nSPS) is 11.2. The molecule has 0 aromatic heterocycles. The zero-order valence-electron chi connectivity index (χ0n) is 10.3. The molecule has 19 heavy (non-hydrogen) atoms. The maximum Gasteiger partial charge on any atom is 0.123 e. The standard InChI is InChI=1S/C17H12FN/c18-15-10-8-13(9-11-15)12-19-17-7-3-5-14-4-1-2-6-16(14)17/h1-12H. The highest BCUT2D eigenvalue weighted by atomic mass is 19.1. The molecular formula is C17H12FN. The number of fused-ring (bicyclic) bond motifs is 1. The van der Waals surface area contributed by atoms with Gasteiger partial charge in [-0.3, -0.25) is 4.99 Å². The van der Waals surface area contributed by atoms with Gasteiger partial charge in [0.2, 0.25) is 0 Å². The molecule has 0 aliphatic heterocycles. The Labute approximate surface area is 111 Å². The Kier molecular flexibility index (Phi) is 3.07. The molecule has 0 heterocycles. The Morgan fingerprint density at radius 2 is 1.53 bits per heavy atom. The van der Waals surface area contributed by atoms with Crippen molar-refractivity contribution in [3.05, 3.63) is 78.1 Å². The maximum atomic E-state index is 12.8. The Morgan fingerprint density at radius 1 is 0.789 bits per heavy atom. The van der Waals surface area contributed by atoms with E-state index in [2.05, 4.69) is 17.1 Å². The SMILES string of the molecule is Fc1ccc(C=Nc2cccc3ccccc23)cc1. The van der Waals surface area contributed by atoms with E-state index in [-0.39, 0.29) is 5.82 Å². The first kappa shape index (κ1) is 11.6. The molecule has 0 unspecified atom stereocenters. The Hall–Kier alpha value is -2.48. The van der Waals surface area contributed by atoms with Crippen LogP contribution in [0.4, 0.5) is 10.1 Å². The first-order valence-corrected chi connectivity index (χ1v) is 6.10. The monoisotopic (exact) mass is 249 g/mol. The van der Waals surface area contributed by atoms with E-state index in [0.717, 1.165) is 22.0 Å². The van der Waals surface area contributed by atoms with Crippen LogP contribution in [0, 0.1) is 5.82 Å². The van der Waals surface area contributed by atoms with Crippen LogP contribution < -0.4 is 0 Å². The summed E-state index contributed by atoms with van der Waals surface area (Å²) in [6, 6.07) is 20.4. The summed E-state index contributed by atoms with van der Waals surface area (Å²) in [7, 11) is 0. The molecule has 0 radical (unpaired) electrons. The molecule has 0 aliphatic rings. The molecule has 0 atom stereocenters. The average Bonchev–Trinajstić information content (AvgIpc) is 2.47. The van der Waals surface area contributed by atoms with Crippen LogP contribution in [0.25, 0.3) is 10.8 Å². The first-order chi connectivity index (χ1) is 9.33. The van der Waals surface area contributed by atoms with Crippen LogP contribution in [-0.2, 0) is 0 Å². The van der Waals surface area contributed by atoms with Gasteiger partial charge in [-0.05, 0) is 29.1 Å². The number of benzene rings is 3. The van der Waals surface area contributed by atoms with E-state index < -0.39 is 0 Å². The highest BCUT2D eigenvalue weighted by Gasteiger charge is 1.97. The average molecular weight is 249 g/mol. The number of rotatable bonds is 2. The van der Waals surface area contributed by atoms with Crippen molar-refractivity contribution in [1.82, 2.24) is 0 Å². The van der Waals surface area contributed by atoms with Crippen molar-refractivity contribution in [3.63, 3.8) is 0 Å². The fourth-order valence-electron chi connectivity index (χ4n) is 2.01. The third kappa shape index (κ3) is 2.52. The summed E-state index contributed by atoms with van der Waals surface area (Å²) in [6.07, 6.45) is 1.75. The van der Waals surface area contributed by atoms with Gasteiger partial charge in [0, 0.05) is 11.6 Å². The second-order valence-corrected chi connectivity index (χ2v) is 4.31. The Morgan fingerprint density at radius 3 is 2.37 bits per heavy atom. The predicted molar refractivity (Wildman–Crippen MR) is 77.6 cm³/mol. The summed E-state index contributed by atoms with van der Waals surface area (Å²) in [5.41, 5.74) is 1.80. The van der Waals surface area contributed by atoms with Gasteiger partial charge in [-0.2, -0.15) is 0 Å². The van der Waals surface area contributed by atoms with E-state index in [4.69, 9.17) is 0 Å². The minimum atomic E-state index is -0.234.